The number of ether oxygens (including phenoxy) is 2. The fourth-order valence-corrected chi connectivity index (χ4v) is 3.38. The average Bonchev–Trinajstić information content (AvgIpc) is 2.56. The Balaban J connectivity index is 2.37. The maximum Gasteiger partial charge on any atom is 0.269 e. The molecule has 1 saturated heterocycles. The van der Waals surface area contributed by atoms with E-state index in [0.717, 1.165) is 5.33 Å². The molecule has 0 radical (unpaired) electrons. The van der Waals surface area contributed by atoms with Gasteiger partial charge in [0.2, 0.25) is 0 Å². The molecule has 1 rings (SSSR count). The van der Waals surface area contributed by atoms with Crippen LogP contribution in [-0.4, -0.2) is 55.4 Å². The van der Waals surface area contributed by atoms with Crippen LogP contribution in [0.15, 0.2) is 0 Å². The van der Waals surface area contributed by atoms with Gasteiger partial charge in [0.1, 0.15) is 6.10 Å². The summed E-state index contributed by atoms with van der Waals surface area (Å²) in [5, 5.41) is 0.765. The highest BCUT2D eigenvalue weighted by molar-refractivity contribution is 9.09. The van der Waals surface area contributed by atoms with E-state index in [4.69, 9.17) is 14.0 Å². The molecule has 1 fully saturated rings. The van der Waals surface area contributed by atoms with Crippen LogP contribution in [-0.2, 0) is 18.6 Å². The predicted molar refractivity (Wildman–Crippen MR) is 70.8 cm³/mol. The van der Waals surface area contributed by atoms with Crippen LogP contribution < -0.4 is 0 Å². The minimum Gasteiger partial charge on any atom is -0.348 e. The molecule has 0 amide bonds. The standard InChI is InChI=1S/C10H21BrNO4P/c1-10(2)14-7-9(16-10)8-15-17(4,13)12(3)6-5-11/h9H,5-8H2,1-4H3. The molecule has 102 valence electrons. The van der Waals surface area contributed by atoms with Crippen molar-refractivity contribution < 1.29 is 18.6 Å². The van der Waals surface area contributed by atoms with Crippen LogP contribution in [0.1, 0.15) is 13.8 Å². The molecule has 0 aromatic carbocycles. The summed E-state index contributed by atoms with van der Waals surface area (Å²) >= 11 is 3.31. The quantitative estimate of drug-likeness (QED) is 0.552. The summed E-state index contributed by atoms with van der Waals surface area (Å²) < 4.78 is 30.4. The smallest absolute Gasteiger partial charge is 0.269 e. The summed E-state index contributed by atoms with van der Waals surface area (Å²) in [4.78, 5) is 0. The lowest BCUT2D eigenvalue weighted by molar-refractivity contribution is -0.141. The molecule has 2 atom stereocenters. The molecule has 1 aliphatic rings. The Morgan fingerprint density at radius 1 is 1.59 bits per heavy atom. The molecule has 1 aliphatic heterocycles. The number of hydrogen-bond donors (Lipinski definition) is 0. The van der Waals surface area contributed by atoms with Gasteiger partial charge in [-0.1, -0.05) is 15.9 Å². The van der Waals surface area contributed by atoms with Gasteiger partial charge in [-0.3, -0.25) is 4.57 Å². The topological polar surface area (TPSA) is 48.0 Å². The van der Waals surface area contributed by atoms with Crippen LogP contribution in [0.25, 0.3) is 0 Å². The Bertz CT molecular complexity index is 300. The van der Waals surface area contributed by atoms with Crippen molar-refractivity contribution >= 4 is 23.4 Å². The molecule has 2 unspecified atom stereocenters. The van der Waals surface area contributed by atoms with Gasteiger partial charge in [-0.05, 0) is 20.9 Å². The Hall–Kier alpha value is 0.550. The van der Waals surface area contributed by atoms with Gasteiger partial charge in [0.25, 0.3) is 7.52 Å². The average molecular weight is 330 g/mol. The van der Waals surface area contributed by atoms with Crippen LogP contribution in [0.3, 0.4) is 0 Å². The Morgan fingerprint density at radius 3 is 2.71 bits per heavy atom. The molecule has 0 saturated carbocycles. The van der Waals surface area contributed by atoms with E-state index in [1.807, 2.05) is 13.8 Å². The fourth-order valence-electron chi connectivity index (χ4n) is 1.47. The first-order chi connectivity index (χ1) is 7.77. The third-order valence-electron chi connectivity index (χ3n) is 2.60. The van der Waals surface area contributed by atoms with Gasteiger partial charge in [-0.2, -0.15) is 0 Å². The maximum atomic E-state index is 12.2. The Kier molecular flexibility index (Phi) is 5.63. The van der Waals surface area contributed by atoms with Crippen molar-refractivity contribution in [1.29, 1.82) is 0 Å². The van der Waals surface area contributed by atoms with Gasteiger partial charge in [0, 0.05) is 18.5 Å². The predicted octanol–water partition coefficient (Wildman–Crippen LogP) is 2.30. The van der Waals surface area contributed by atoms with Gasteiger partial charge in [-0.15, -0.1) is 0 Å². The first-order valence-electron chi connectivity index (χ1n) is 5.58. The summed E-state index contributed by atoms with van der Waals surface area (Å²) in [6.45, 7) is 6.79. The second-order valence-corrected chi connectivity index (χ2v) is 7.96. The van der Waals surface area contributed by atoms with E-state index in [-0.39, 0.29) is 6.10 Å². The molecule has 0 N–H and O–H groups in total. The second-order valence-electron chi connectivity index (χ2n) is 4.62. The third kappa shape index (κ3) is 4.97. The molecule has 0 spiro atoms. The van der Waals surface area contributed by atoms with Gasteiger partial charge in [0.15, 0.2) is 5.79 Å². The highest BCUT2D eigenvalue weighted by atomic mass is 79.9. The summed E-state index contributed by atoms with van der Waals surface area (Å²) in [6.07, 6.45) is -0.143. The second kappa shape index (κ2) is 6.13. The summed E-state index contributed by atoms with van der Waals surface area (Å²) in [6, 6.07) is 0. The SMILES string of the molecule is CN(CCBr)P(C)(=O)OCC1COC(C)(C)O1. The van der Waals surface area contributed by atoms with Gasteiger partial charge in [-0.25, -0.2) is 4.67 Å². The normalized spacial score (nSPS) is 27.3. The third-order valence-corrected chi connectivity index (χ3v) is 5.02. The van der Waals surface area contributed by atoms with Crippen LogP contribution >= 0.6 is 23.4 Å². The molecular formula is C10H21BrNO4P. The molecule has 17 heavy (non-hydrogen) atoms. The zero-order valence-corrected chi connectivity index (χ0v) is 13.3. The number of hydrogen-bond acceptors (Lipinski definition) is 4. The molecule has 5 nitrogen and oxygen atoms in total. The summed E-state index contributed by atoms with van der Waals surface area (Å²) in [7, 11) is -0.937. The van der Waals surface area contributed by atoms with Crippen molar-refractivity contribution in [1.82, 2.24) is 4.67 Å². The zero-order chi connectivity index (χ0) is 13.1. The van der Waals surface area contributed by atoms with Crippen molar-refractivity contribution in [3.63, 3.8) is 0 Å². The van der Waals surface area contributed by atoms with Crippen molar-refractivity contribution in [2.24, 2.45) is 0 Å². The lowest BCUT2D eigenvalue weighted by atomic mass is 10.4. The van der Waals surface area contributed by atoms with Crippen molar-refractivity contribution in [2.45, 2.75) is 25.7 Å². The first-order valence-corrected chi connectivity index (χ1v) is 8.73. The van der Waals surface area contributed by atoms with Crippen LogP contribution in [0, 0.1) is 0 Å². The van der Waals surface area contributed by atoms with Crippen LogP contribution in [0.4, 0.5) is 0 Å². The molecule has 0 aliphatic carbocycles. The number of halogens is 1. The maximum absolute atomic E-state index is 12.2. The zero-order valence-electron chi connectivity index (χ0n) is 10.8. The summed E-state index contributed by atoms with van der Waals surface area (Å²) in [5.41, 5.74) is 0. The lowest BCUT2D eigenvalue weighted by Crippen LogP contribution is -2.25. The van der Waals surface area contributed by atoms with E-state index in [1.54, 1.807) is 18.4 Å². The van der Waals surface area contributed by atoms with E-state index >= 15 is 0 Å². The highest BCUT2D eigenvalue weighted by Crippen LogP contribution is 2.46. The van der Waals surface area contributed by atoms with Crippen molar-refractivity contribution in [3.8, 4) is 0 Å². The van der Waals surface area contributed by atoms with Gasteiger partial charge >= 0.3 is 0 Å². The van der Waals surface area contributed by atoms with Gasteiger partial charge < -0.3 is 14.0 Å². The largest absolute Gasteiger partial charge is 0.348 e. The minimum absolute atomic E-state index is 0.143. The summed E-state index contributed by atoms with van der Waals surface area (Å²) in [5.74, 6) is -0.562. The Labute approximate surface area is 111 Å². The molecule has 0 bridgehead atoms. The van der Waals surface area contributed by atoms with Crippen molar-refractivity contribution in [3.05, 3.63) is 0 Å². The van der Waals surface area contributed by atoms with E-state index < -0.39 is 13.3 Å². The molecule has 7 heteroatoms. The highest BCUT2D eigenvalue weighted by Gasteiger charge is 2.34. The molecule has 1 heterocycles. The van der Waals surface area contributed by atoms with E-state index in [2.05, 4.69) is 15.9 Å². The Morgan fingerprint density at radius 2 is 2.24 bits per heavy atom. The molecular weight excluding hydrogens is 309 g/mol. The van der Waals surface area contributed by atoms with E-state index in [1.165, 1.54) is 0 Å². The first kappa shape index (κ1) is 15.6. The minimum atomic E-state index is -2.73. The van der Waals surface area contributed by atoms with E-state index in [0.29, 0.717) is 19.8 Å². The lowest BCUT2D eigenvalue weighted by Gasteiger charge is -2.25. The van der Waals surface area contributed by atoms with Gasteiger partial charge in [0.05, 0.1) is 13.2 Å². The van der Waals surface area contributed by atoms with Crippen LogP contribution in [0.5, 0.6) is 0 Å². The molecule has 0 aromatic heterocycles. The number of nitrogens with zero attached hydrogens (tertiary/aromatic N) is 1. The molecule has 0 aromatic rings. The van der Waals surface area contributed by atoms with Crippen molar-refractivity contribution in [2.75, 3.05) is 38.8 Å². The monoisotopic (exact) mass is 329 g/mol. The van der Waals surface area contributed by atoms with Crippen LogP contribution in [0.2, 0.25) is 0 Å². The number of rotatable bonds is 6. The fraction of sp³-hybridized carbons (Fsp3) is 1.00. The van der Waals surface area contributed by atoms with E-state index in [9.17, 15) is 4.57 Å². The number of alkyl halides is 1.